The van der Waals surface area contributed by atoms with E-state index in [9.17, 15) is 14.7 Å². The molecule has 0 aliphatic heterocycles. The zero-order valence-electron chi connectivity index (χ0n) is 37.5. The van der Waals surface area contributed by atoms with Gasteiger partial charge in [-0.25, -0.2) is 0 Å². The highest BCUT2D eigenvalue weighted by molar-refractivity contribution is 5.70. The molecule has 0 aromatic carbocycles. The Balaban J connectivity index is 3.49. The van der Waals surface area contributed by atoms with E-state index in [4.69, 9.17) is 9.47 Å². The van der Waals surface area contributed by atoms with Crippen molar-refractivity contribution >= 4 is 11.9 Å². The Bertz CT molecular complexity index is 1140. The number of rotatable bonds is 42. The number of aliphatic hydroxyl groups is 1. The van der Waals surface area contributed by atoms with Gasteiger partial charge in [0.15, 0.2) is 6.10 Å². The molecule has 5 nitrogen and oxygen atoms in total. The molecule has 330 valence electrons. The summed E-state index contributed by atoms with van der Waals surface area (Å²) in [5.74, 6) is -0.608. The first-order chi connectivity index (χ1) is 28.6. The highest BCUT2D eigenvalue weighted by Crippen LogP contribution is 2.15. The third kappa shape index (κ3) is 45.5. The van der Waals surface area contributed by atoms with Gasteiger partial charge in [-0.1, -0.05) is 214 Å². The first kappa shape index (κ1) is 54.8. The van der Waals surface area contributed by atoms with Gasteiger partial charge in [0.2, 0.25) is 0 Å². The smallest absolute Gasteiger partial charge is 0.306 e. The van der Waals surface area contributed by atoms with E-state index >= 15 is 0 Å². The molecule has 58 heavy (non-hydrogen) atoms. The van der Waals surface area contributed by atoms with Crippen LogP contribution in [0.1, 0.15) is 206 Å². The SMILES string of the molecule is CC/C=C\C/C=C\C/C=C\C/C=C\C/C=C\C/C=C\C/C=C\C/C=C\CCCCCCCCCCCCCCCCC(=O)OC(CO)COC(=O)CCCCCCC. The molecule has 5 heteroatoms. The van der Waals surface area contributed by atoms with Gasteiger partial charge in [-0.15, -0.1) is 0 Å². The van der Waals surface area contributed by atoms with E-state index in [2.05, 4.69) is 111 Å². The number of esters is 2. The Kier molecular flexibility index (Phi) is 45.5. The highest BCUT2D eigenvalue weighted by Gasteiger charge is 2.16. The van der Waals surface area contributed by atoms with Crippen molar-refractivity contribution in [3.63, 3.8) is 0 Å². The first-order valence-electron chi connectivity index (χ1n) is 23.8. The molecule has 0 spiro atoms. The normalized spacial score (nSPS) is 13.1. The molecule has 0 saturated heterocycles. The topological polar surface area (TPSA) is 72.8 Å². The molecule has 0 bridgehead atoms. The number of carbonyl (C=O) groups excluding carboxylic acids is 2. The fraction of sp³-hybridized carbons (Fsp3) is 0.660. The van der Waals surface area contributed by atoms with Crippen LogP contribution in [-0.4, -0.2) is 36.4 Å². The molecule has 0 aliphatic rings. The van der Waals surface area contributed by atoms with Crippen LogP contribution in [0.3, 0.4) is 0 Å². The maximum Gasteiger partial charge on any atom is 0.306 e. The van der Waals surface area contributed by atoms with Crippen molar-refractivity contribution in [3.8, 4) is 0 Å². The summed E-state index contributed by atoms with van der Waals surface area (Å²) in [6, 6.07) is 0. The molecule has 0 fully saturated rings. The van der Waals surface area contributed by atoms with Gasteiger partial charge in [0.25, 0.3) is 0 Å². The summed E-state index contributed by atoms with van der Waals surface area (Å²) in [5, 5.41) is 9.49. The van der Waals surface area contributed by atoms with Crippen molar-refractivity contribution in [3.05, 3.63) is 97.2 Å². The van der Waals surface area contributed by atoms with Crippen LogP contribution < -0.4 is 0 Å². The molecule has 0 radical (unpaired) electrons. The van der Waals surface area contributed by atoms with Gasteiger partial charge in [0.05, 0.1) is 6.61 Å². The molecular formula is C53H88O5. The number of allylic oxidation sites excluding steroid dienone is 16. The summed E-state index contributed by atoms with van der Waals surface area (Å²) in [6.07, 6.45) is 68.4. The van der Waals surface area contributed by atoms with E-state index < -0.39 is 6.10 Å². The molecule has 0 heterocycles. The molecule has 0 aromatic heterocycles. The maximum atomic E-state index is 12.1. The number of carbonyl (C=O) groups is 2. The van der Waals surface area contributed by atoms with Crippen LogP contribution in [0.5, 0.6) is 0 Å². The fourth-order valence-electron chi connectivity index (χ4n) is 6.33. The summed E-state index contributed by atoms with van der Waals surface area (Å²) in [4.78, 5) is 24.0. The average molecular weight is 805 g/mol. The molecule has 0 rings (SSSR count). The summed E-state index contributed by atoms with van der Waals surface area (Å²) >= 11 is 0. The van der Waals surface area contributed by atoms with Crippen molar-refractivity contribution in [1.82, 2.24) is 0 Å². The van der Waals surface area contributed by atoms with Crippen LogP contribution in [-0.2, 0) is 19.1 Å². The Morgan fingerprint density at radius 2 is 0.741 bits per heavy atom. The molecular weight excluding hydrogens is 717 g/mol. The van der Waals surface area contributed by atoms with Crippen LogP contribution in [0.15, 0.2) is 97.2 Å². The lowest BCUT2D eigenvalue weighted by atomic mass is 10.0. The average Bonchev–Trinajstić information content (AvgIpc) is 3.23. The fourth-order valence-corrected chi connectivity index (χ4v) is 6.33. The molecule has 1 atom stereocenters. The standard InChI is InChI=1S/C53H88O5/c1-3-5-7-9-10-11-12-13-14-15-16-17-18-19-20-21-22-23-24-25-26-27-28-29-30-31-32-33-34-35-36-37-38-39-40-41-42-44-46-48-53(56)58-51(49-54)50-57-52(55)47-45-43-8-6-4-2/h5,7,10-11,13-14,16-17,19-20,22-23,25-26,28-29,51,54H,3-4,6,8-9,12,15,18,21,24,27,30-50H2,1-2H3/b7-5-,11-10-,14-13-,17-16-,20-19-,23-22-,26-25-,29-28-. The van der Waals surface area contributed by atoms with Gasteiger partial charge in [-0.3, -0.25) is 9.59 Å². The number of aliphatic hydroxyl groups excluding tert-OH is 1. The van der Waals surface area contributed by atoms with Crippen molar-refractivity contribution in [1.29, 1.82) is 0 Å². The first-order valence-corrected chi connectivity index (χ1v) is 23.8. The Hall–Kier alpha value is -3.18. The highest BCUT2D eigenvalue weighted by atomic mass is 16.6. The molecule has 0 saturated carbocycles. The molecule has 1 unspecified atom stereocenters. The van der Waals surface area contributed by atoms with E-state index in [0.717, 1.165) is 89.9 Å². The number of ether oxygens (including phenoxy) is 2. The summed E-state index contributed by atoms with van der Waals surface area (Å²) < 4.78 is 10.5. The Morgan fingerprint density at radius 1 is 0.414 bits per heavy atom. The quantitative estimate of drug-likeness (QED) is 0.0378. The second-order valence-electron chi connectivity index (χ2n) is 15.5. The summed E-state index contributed by atoms with van der Waals surface area (Å²) in [7, 11) is 0. The van der Waals surface area contributed by atoms with Crippen LogP contribution >= 0.6 is 0 Å². The maximum absolute atomic E-state index is 12.1. The molecule has 0 aliphatic carbocycles. The van der Waals surface area contributed by atoms with Crippen LogP contribution in [0.4, 0.5) is 0 Å². The minimum atomic E-state index is -0.770. The second kappa shape index (κ2) is 48.2. The van der Waals surface area contributed by atoms with Gasteiger partial charge in [-0.2, -0.15) is 0 Å². The van der Waals surface area contributed by atoms with Crippen molar-refractivity contribution in [2.45, 2.75) is 213 Å². The van der Waals surface area contributed by atoms with E-state index in [1.807, 2.05) is 0 Å². The third-order valence-corrected chi connectivity index (χ3v) is 9.89. The largest absolute Gasteiger partial charge is 0.462 e. The van der Waals surface area contributed by atoms with Gasteiger partial charge in [0, 0.05) is 12.8 Å². The van der Waals surface area contributed by atoms with Crippen molar-refractivity contribution in [2.24, 2.45) is 0 Å². The van der Waals surface area contributed by atoms with E-state index in [1.165, 1.54) is 89.9 Å². The minimum Gasteiger partial charge on any atom is -0.462 e. The van der Waals surface area contributed by atoms with E-state index in [1.54, 1.807) is 0 Å². The number of hydrogen-bond donors (Lipinski definition) is 1. The zero-order chi connectivity index (χ0) is 42.1. The predicted molar refractivity (Wildman–Crippen MR) is 251 cm³/mol. The second-order valence-corrected chi connectivity index (χ2v) is 15.5. The minimum absolute atomic E-state index is 0.0688. The van der Waals surface area contributed by atoms with Crippen LogP contribution in [0, 0.1) is 0 Å². The third-order valence-electron chi connectivity index (χ3n) is 9.89. The van der Waals surface area contributed by atoms with E-state index in [-0.39, 0.29) is 25.2 Å². The van der Waals surface area contributed by atoms with Crippen molar-refractivity contribution in [2.75, 3.05) is 13.2 Å². The summed E-state index contributed by atoms with van der Waals surface area (Å²) in [6.45, 7) is 3.92. The van der Waals surface area contributed by atoms with Gasteiger partial charge >= 0.3 is 11.9 Å². The number of unbranched alkanes of at least 4 members (excludes halogenated alkanes) is 18. The zero-order valence-corrected chi connectivity index (χ0v) is 37.5. The molecule has 1 N–H and O–H groups in total. The van der Waals surface area contributed by atoms with E-state index in [0.29, 0.717) is 12.8 Å². The lowest BCUT2D eigenvalue weighted by Crippen LogP contribution is -2.28. The van der Waals surface area contributed by atoms with Crippen LogP contribution in [0.25, 0.3) is 0 Å². The Morgan fingerprint density at radius 3 is 1.12 bits per heavy atom. The molecule has 0 amide bonds. The molecule has 0 aromatic rings. The van der Waals surface area contributed by atoms with Gasteiger partial charge in [-0.05, 0) is 77.0 Å². The predicted octanol–water partition coefficient (Wildman–Crippen LogP) is 15.6. The summed E-state index contributed by atoms with van der Waals surface area (Å²) in [5.41, 5.74) is 0. The number of hydrogen-bond acceptors (Lipinski definition) is 5. The van der Waals surface area contributed by atoms with Crippen LogP contribution in [0.2, 0.25) is 0 Å². The monoisotopic (exact) mass is 805 g/mol. The van der Waals surface area contributed by atoms with Gasteiger partial charge in [0.1, 0.15) is 6.61 Å². The van der Waals surface area contributed by atoms with Gasteiger partial charge < -0.3 is 14.6 Å². The Labute approximate surface area is 358 Å². The lowest BCUT2D eigenvalue weighted by Gasteiger charge is -2.15. The van der Waals surface area contributed by atoms with Crippen molar-refractivity contribution < 1.29 is 24.2 Å². The lowest BCUT2D eigenvalue weighted by molar-refractivity contribution is -0.161.